The number of anilines is 1. The van der Waals surface area contributed by atoms with Crippen molar-refractivity contribution in [3.05, 3.63) is 58.4 Å². The molecule has 8 nitrogen and oxygen atoms in total. The highest BCUT2D eigenvalue weighted by molar-refractivity contribution is 8.03. The highest BCUT2D eigenvalue weighted by Crippen LogP contribution is 2.28. The minimum Gasteiger partial charge on any atom is -0.484 e. The summed E-state index contributed by atoms with van der Waals surface area (Å²) >= 11 is 0. The lowest BCUT2D eigenvalue weighted by atomic mass is 9.98. The average Bonchev–Trinajstić information content (AvgIpc) is 3.20. The van der Waals surface area contributed by atoms with E-state index in [-0.39, 0.29) is 23.8 Å². The van der Waals surface area contributed by atoms with Crippen molar-refractivity contribution in [3.8, 4) is 5.75 Å². The van der Waals surface area contributed by atoms with Crippen LogP contribution in [-0.4, -0.2) is 53.6 Å². The number of nitrogens with zero attached hydrogens (tertiary/aromatic N) is 4. The number of aryl methyl sites for hydroxylation is 1. The van der Waals surface area contributed by atoms with Gasteiger partial charge in [-0.1, -0.05) is 13.3 Å². The number of piperidine rings is 1. The van der Waals surface area contributed by atoms with Gasteiger partial charge in [0.25, 0.3) is 0 Å². The summed E-state index contributed by atoms with van der Waals surface area (Å²) in [4.78, 5) is 15.5. The predicted octanol–water partition coefficient (Wildman–Crippen LogP) is 3.55. The third kappa shape index (κ3) is 6.52. The van der Waals surface area contributed by atoms with Crippen LogP contribution in [0.3, 0.4) is 0 Å². The van der Waals surface area contributed by atoms with Crippen molar-refractivity contribution in [2.75, 3.05) is 30.9 Å². The lowest BCUT2D eigenvalue weighted by Gasteiger charge is -2.31. The number of sulfone groups is 1. The molecule has 0 bridgehead atoms. The van der Waals surface area contributed by atoms with Crippen LogP contribution < -0.4 is 9.64 Å². The van der Waals surface area contributed by atoms with E-state index in [9.17, 15) is 21.4 Å². The molecule has 194 valence electrons. The second kappa shape index (κ2) is 11.1. The van der Waals surface area contributed by atoms with Gasteiger partial charge in [-0.25, -0.2) is 36.4 Å². The number of aliphatic imine (C=N–C) groups is 1. The second-order valence-electron chi connectivity index (χ2n) is 8.99. The van der Waals surface area contributed by atoms with Crippen LogP contribution in [0, 0.1) is 17.6 Å². The van der Waals surface area contributed by atoms with Crippen molar-refractivity contribution in [2.45, 2.75) is 38.4 Å². The van der Waals surface area contributed by atoms with E-state index in [1.807, 2.05) is 12.4 Å². The van der Waals surface area contributed by atoms with Crippen LogP contribution in [0.5, 0.6) is 5.75 Å². The summed E-state index contributed by atoms with van der Waals surface area (Å²) in [7, 11) is -4.93. The molecule has 0 radical (unpaired) electrons. The minimum atomic E-state index is -3.52. The quantitative estimate of drug-likeness (QED) is 0.481. The molecule has 3 heterocycles. The van der Waals surface area contributed by atoms with E-state index < -0.39 is 38.0 Å². The molecule has 2 aliphatic heterocycles. The molecule has 1 unspecified atom stereocenters. The van der Waals surface area contributed by atoms with Crippen molar-refractivity contribution in [2.24, 2.45) is 10.9 Å². The van der Waals surface area contributed by atoms with Gasteiger partial charge in [0.15, 0.2) is 21.4 Å². The minimum absolute atomic E-state index is 0.0275. The topological polar surface area (TPSA) is 102 Å². The number of aromatic nitrogens is 2. The number of ether oxygens (including phenoxy) is 1. The molecule has 1 aromatic heterocycles. The third-order valence-electron chi connectivity index (χ3n) is 5.95. The van der Waals surface area contributed by atoms with Gasteiger partial charge in [-0.3, -0.25) is 0 Å². The van der Waals surface area contributed by atoms with Crippen LogP contribution in [0.25, 0.3) is 0 Å². The molecule has 1 fully saturated rings. The van der Waals surface area contributed by atoms with Gasteiger partial charge in [-0.2, -0.15) is 0 Å². The summed E-state index contributed by atoms with van der Waals surface area (Å²) in [5.41, 5.74) is 1.22. The number of rotatable bonds is 9. The smallest absolute Gasteiger partial charge is 0.225 e. The fourth-order valence-electron chi connectivity index (χ4n) is 4.20. The number of halogens is 2. The number of benzene rings is 1. The lowest BCUT2D eigenvalue weighted by molar-refractivity contribution is 0.328. The molecule has 4 rings (SSSR count). The Hall–Kier alpha value is -2.73. The van der Waals surface area contributed by atoms with E-state index in [1.165, 1.54) is 5.41 Å². The molecule has 1 saturated heterocycles. The zero-order chi connectivity index (χ0) is 25.9. The zero-order valence-electron chi connectivity index (χ0n) is 20.1. The molecule has 0 aliphatic carbocycles. The van der Waals surface area contributed by atoms with Gasteiger partial charge in [-0.05, 0) is 30.9 Å². The number of hydrogen-bond acceptors (Lipinski definition) is 8. The predicted molar refractivity (Wildman–Crippen MR) is 135 cm³/mol. The van der Waals surface area contributed by atoms with Gasteiger partial charge in [0.05, 0.1) is 22.2 Å². The first-order valence-electron chi connectivity index (χ1n) is 11.7. The largest absolute Gasteiger partial charge is 0.484 e. The lowest BCUT2D eigenvalue weighted by Crippen LogP contribution is -2.37. The molecule has 0 amide bonds. The van der Waals surface area contributed by atoms with Crippen LogP contribution in [0.15, 0.2) is 40.6 Å². The number of hydrogen-bond donors (Lipinski definition) is 0. The summed E-state index contributed by atoms with van der Waals surface area (Å²) in [5.74, 6) is -2.01. The SMILES string of the molecule is CCCc1cnc(N2CCC(C3=NC(COc4cc(F)c(CS(C)(=O)=O)cc4F)=CS3=O)CC2)nc1. The normalized spacial score (nSPS) is 18.8. The van der Waals surface area contributed by atoms with Gasteiger partial charge < -0.3 is 9.64 Å². The van der Waals surface area contributed by atoms with Crippen LogP contribution in [0.4, 0.5) is 14.7 Å². The van der Waals surface area contributed by atoms with E-state index in [4.69, 9.17) is 4.74 Å². The first kappa shape index (κ1) is 26.3. The van der Waals surface area contributed by atoms with E-state index in [0.29, 0.717) is 29.8 Å². The van der Waals surface area contributed by atoms with Crippen LogP contribution in [0.1, 0.15) is 37.3 Å². The van der Waals surface area contributed by atoms with E-state index in [0.717, 1.165) is 49.6 Å². The molecule has 1 atom stereocenters. The first-order chi connectivity index (χ1) is 17.1. The Balaban J connectivity index is 1.34. The van der Waals surface area contributed by atoms with Crippen molar-refractivity contribution in [1.29, 1.82) is 0 Å². The Morgan fingerprint density at radius 1 is 1.14 bits per heavy atom. The van der Waals surface area contributed by atoms with Crippen molar-refractivity contribution in [1.82, 2.24) is 9.97 Å². The Bertz CT molecular complexity index is 1310. The monoisotopic (exact) mass is 538 g/mol. The van der Waals surface area contributed by atoms with Crippen LogP contribution in [-0.2, 0) is 32.8 Å². The summed E-state index contributed by atoms with van der Waals surface area (Å²) in [6, 6.07) is 1.63. The average molecular weight is 539 g/mol. The first-order valence-corrected chi connectivity index (χ1v) is 14.9. The van der Waals surface area contributed by atoms with Gasteiger partial charge in [0.1, 0.15) is 17.5 Å². The molecule has 0 saturated carbocycles. The Morgan fingerprint density at radius 2 is 1.83 bits per heavy atom. The Morgan fingerprint density at radius 3 is 2.47 bits per heavy atom. The van der Waals surface area contributed by atoms with Crippen molar-refractivity contribution < 1.29 is 26.1 Å². The molecule has 12 heteroatoms. The molecule has 0 N–H and O–H groups in total. The molecule has 2 aliphatic rings. The molecular weight excluding hydrogens is 510 g/mol. The molecular formula is C24H28F2N4O4S2. The van der Waals surface area contributed by atoms with Gasteiger partial charge in [0, 0.05) is 54.7 Å². The fourth-order valence-corrected chi connectivity index (χ4v) is 6.25. The summed E-state index contributed by atoms with van der Waals surface area (Å²) in [6.07, 6.45) is 8.14. The van der Waals surface area contributed by atoms with Crippen LogP contribution >= 0.6 is 0 Å². The standard InChI is InChI=1S/C24H28F2N4O4S2/c1-3-4-16-11-27-24(28-12-16)30-7-5-17(6-8-30)23-29-19(14-35(23)31)13-34-22-10-20(25)18(9-21(22)26)15-36(2,32)33/h9-12,14,17H,3-8,13,15H2,1-2H3. The molecule has 2 aromatic rings. The van der Waals surface area contributed by atoms with Gasteiger partial charge in [-0.15, -0.1) is 0 Å². The van der Waals surface area contributed by atoms with Crippen molar-refractivity contribution in [3.63, 3.8) is 0 Å². The highest BCUT2D eigenvalue weighted by Gasteiger charge is 2.30. The second-order valence-corrected chi connectivity index (χ2v) is 12.4. The zero-order valence-corrected chi connectivity index (χ0v) is 21.7. The van der Waals surface area contributed by atoms with E-state index in [2.05, 4.69) is 26.8 Å². The third-order valence-corrected chi connectivity index (χ3v) is 8.11. The maximum absolute atomic E-state index is 14.3. The van der Waals surface area contributed by atoms with E-state index in [1.54, 1.807) is 0 Å². The Labute approximate surface area is 211 Å². The van der Waals surface area contributed by atoms with E-state index >= 15 is 0 Å². The summed E-state index contributed by atoms with van der Waals surface area (Å²) in [5, 5.41) is 2.02. The molecule has 1 aromatic carbocycles. The maximum Gasteiger partial charge on any atom is 0.225 e. The fraction of sp³-hybridized carbons (Fsp3) is 0.458. The molecule has 0 spiro atoms. The molecule has 36 heavy (non-hydrogen) atoms. The van der Waals surface area contributed by atoms with Crippen LogP contribution in [0.2, 0.25) is 0 Å². The maximum atomic E-state index is 14.3. The summed E-state index contributed by atoms with van der Waals surface area (Å²) in [6.45, 7) is 3.35. The van der Waals surface area contributed by atoms with Crippen molar-refractivity contribution >= 4 is 31.6 Å². The summed E-state index contributed by atoms with van der Waals surface area (Å²) < 4.78 is 69.4. The highest BCUT2D eigenvalue weighted by atomic mass is 32.2. The van der Waals surface area contributed by atoms with Gasteiger partial charge >= 0.3 is 0 Å². The van der Waals surface area contributed by atoms with Gasteiger partial charge in [0.2, 0.25) is 5.95 Å². The Kier molecular flexibility index (Phi) is 8.13.